The number of Topliss-reactive ketones (excluding diaryl/α,β-unsaturated/α-hetero) is 1. The number of nitrogen functional groups attached to an aromatic ring is 1. The van der Waals surface area contributed by atoms with Gasteiger partial charge in [0.15, 0.2) is 11.7 Å². The van der Waals surface area contributed by atoms with Crippen molar-refractivity contribution < 1.29 is 4.79 Å². The van der Waals surface area contributed by atoms with Crippen LogP contribution < -0.4 is 5.73 Å². The average Bonchev–Trinajstić information content (AvgIpc) is 3.30. The molecule has 0 aliphatic carbocycles. The van der Waals surface area contributed by atoms with Crippen LogP contribution in [0, 0.1) is 0 Å². The van der Waals surface area contributed by atoms with E-state index < -0.39 is 0 Å². The number of nitrogens with two attached hydrogens (primary N) is 1. The Morgan fingerprint density at radius 2 is 1.90 bits per heavy atom. The van der Waals surface area contributed by atoms with Gasteiger partial charge in [0.05, 0.1) is 18.4 Å². The largest absolute Gasteiger partial charge is 0.369 e. The molecule has 152 valence electrons. The highest BCUT2D eigenvalue weighted by Gasteiger charge is 2.03. The first-order valence-electron chi connectivity index (χ1n) is 9.96. The highest BCUT2D eigenvalue weighted by molar-refractivity contribution is 5.94. The highest BCUT2D eigenvalue weighted by Crippen LogP contribution is 2.12. The van der Waals surface area contributed by atoms with Crippen molar-refractivity contribution in [2.75, 3.05) is 5.73 Å². The van der Waals surface area contributed by atoms with Gasteiger partial charge in [-0.3, -0.25) is 4.79 Å². The van der Waals surface area contributed by atoms with Crippen LogP contribution in [0.1, 0.15) is 60.4 Å². The van der Waals surface area contributed by atoms with Crippen LogP contribution in [0.5, 0.6) is 0 Å². The number of benzene rings is 1. The first-order valence-corrected chi connectivity index (χ1v) is 9.96. The van der Waals surface area contributed by atoms with Gasteiger partial charge in [0.1, 0.15) is 0 Å². The molecule has 0 saturated carbocycles. The van der Waals surface area contributed by atoms with E-state index in [4.69, 9.17) is 5.73 Å². The summed E-state index contributed by atoms with van der Waals surface area (Å²) in [7, 11) is 0. The molecule has 1 aromatic carbocycles. The standard InChI is InChI=1S/C22H28N6O/c1-16(12-18-8-10-19(11-9-18)17(2)29)14-28-15-21(26-27-28)7-5-3-4-6-20-13-24-22(23)25-20/h8-13,15H,3-7,14H2,1-2H3,(H3,23,24,25)/b16-12+. The molecular weight excluding hydrogens is 364 g/mol. The van der Waals surface area contributed by atoms with Crippen LogP contribution in [0.3, 0.4) is 0 Å². The maximum Gasteiger partial charge on any atom is 0.197 e. The summed E-state index contributed by atoms with van der Waals surface area (Å²) in [5, 5.41) is 8.52. The van der Waals surface area contributed by atoms with Crippen molar-refractivity contribution in [2.24, 2.45) is 0 Å². The second-order valence-electron chi connectivity index (χ2n) is 7.43. The molecule has 0 bridgehead atoms. The lowest BCUT2D eigenvalue weighted by Gasteiger charge is -2.02. The van der Waals surface area contributed by atoms with Crippen LogP contribution in [0.25, 0.3) is 6.08 Å². The predicted molar refractivity (Wildman–Crippen MR) is 114 cm³/mol. The van der Waals surface area contributed by atoms with E-state index >= 15 is 0 Å². The zero-order chi connectivity index (χ0) is 20.6. The van der Waals surface area contributed by atoms with Crippen molar-refractivity contribution in [3.63, 3.8) is 0 Å². The lowest BCUT2D eigenvalue weighted by atomic mass is 10.1. The normalized spacial score (nSPS) is 11.7. The van der Waals surface area contributed by atoms with Gasteiger partial charge in [-0.15, -0.1) is 5.10 Å². The molecule has 0 radical (unpaired) electrons. The number of rotatable bonds is 10. The minimum Gasteiger partial charge on any atom is -0.369 e. The minimum absolute atomic E-state index is 0.0819. The maximum atomic E-state index is 11.4. The summed E-state index contributed by atoms with van der Waals surface area (Å²) < 4.78 is 1.87. The van der Waals surface area contributed by atoms with Crippen LogP contribution in [-0.2, 0) is 19.4 Å². The van der Waals surface area contributed by atoms with E-state index in [0.717, 1.165) is 54.6 Å². The Balaban J connectivity index is 1.42. The number of aromatic amines is 1. The topological polar surface area (TPSA) is 102 Å². The fourth-order valence-corrected chi connectivity index (χ4v) is 3.23. The number of H-pyrrole nitrogens is 1. The molecule has 2 aromatic heterocycles. The average molecular weight is 393 g/mol. The molecule has 3 N–H and O–H groups in total. The van der Waals surface area contributed by atoms with Gasteiger partial charge < -0.3 is 10.7 Å². The van der Waals surface area contributed by atoms with Crippen molar-refractivity contribution in [1.29, 1.82) is 0 Å². The third-order valence-corrected chi connectivity index (χ3v) is 4.75. The third-order valence-electron chi connectivity index (χ3n) is 4.75. The number of anilines is 1. The Morgan fingerprint density at radius 1 is 1.14 bits per heavy atom. The molecule has 7 nitrogen and oxygen atoms in total. The molecule has 0 aliphatic rings. The summed E-state index contributed by atoms with van der Waals surface area (Å²) in [5.74, 6) is 0.562. The Labute approximate surface area is 171 Å². The SMILES string of the molecule is CC(=O)c1ccc(/C=C(\C)Cn2cc(CCCCCc3cnc(N)[nH]3)nn2)cc1. The van der Waals surface area contributed by atoms with E-state index in [1.165, 1.54) is 5.57 Å². The first-order chi connectivity index (χ1) is 14.0. The summed E-state index contributed by atoms with van der Waals surface area (Å²) in [6.45, 7) is 4.35. The van der Waals surface area contributed by atoms with Crippen molar-refractivity contribution in [2.45, 2.75) is 52.5 Å². The number of allylic oxidation sites excluding steroid dienone is 1. The monoisotopic (exact) mass is 392 g/mol. The van der Waals surface area contributed by atoms with Crippen molar-refractivity contribution in [3.8, 4) is 0 Å². The van der Waals surface area contributed by atoms with Crippen LogP contribution >= 0.6 is 0 Å². The van der Waals surface area contributed by atoms with Crippen LogP contribution in [0.4, 0.5) is 5.95 Å². The molecule has 0 unspecified atom stereocenters. The smallest absolute Gasteiger partial charge is 0.197 e. The van der Waals surface area contributed by atoms with Gasteiger partial charge >= 0.3 is 0 Å². The summed E-state index contributed by atoms with van der Waals surface area (Å²) in [4.78, 5) is 18.4. The molecule has 7 heteroatoms. The quantitative estimate of drug-likeness (QED) is 0.403. The lowest BCUT2D eigenvalue weighted by molar-refractivity contribution is 0.101. The fourth-order valence-electron chi connectivity index (χ4n) is 3.23. The van der Waals surface area contributed by atoms with Gasteiger partial charge in [-0.1, -0.05) is 47.5 Å². The molecular formula is C22H28N6O. The highest BCUT2D eigenvalue weighted by atomic mass is 16.1. The van der Waals surface area contributed by atoms with Crippen LogP contribution in [-0.4, -0.2) is 30.7 Å². The fraction of sp³-hybridized carbons (Fsp3) is 0.364. The first kappa shape index (κ1) is 20.5. The van der Waals surface area contributed by atoms with Crippen molar-refractivity contribution in [3.05, 3.63) is 64.7 Å². The number of aromatic nitrogens is 5. The van der Waals surface area contributed by atoms with Crippen LogP contribution in [0.2, 0.25) is 0 Å². The number of carbonyl (C=O) groups is 1. The zero-order valence-corrected chi connectivity index (χ0v) is 17.1. The molecule has 0 amide bonds. The van der Waals surface area contributed by atoms with Crippen LogP contribution in [0.15, 0.2) is 42.2 Å². The summed E-state index contributed by atoms with van der Waals surface area (Å²) >= 11 is 0. The second-order valence-corrected chi connectivity index (χ2v) is 7.43. The van der Waals surface area contributed by atoms with Gasteiger partial charge in [0, 0.05) is 17.5 Å². The van der Waals surface area contributed by atoms with E-state index in [2.05, 4.69) is 33.3 Å². The molecule has 0 spiro atoms. The van der Waals surface area contributed by atoms with Crippen molar-refractivity contribution >= 4 is 17.8 Å². The van der Waals surface area contributed by atoms with Gasteiger partial charge in [-0.05, 0) is 45.1 Å². The van der Waals surface area contributed by atoms with Gasteiger partial charge in [-0.2, -0.15) is 0 Å². The summed E-state index contributed by atoms with van der Waals surface area (Å²) in [5.41, 5.74) is 10.7. The molecule has 0 aliphatic heterocycles. The van der Waals surface area contributed by atoms with E-state index in [-0.39, 0.29) is 5.78 Å². The second kappa shape index (κ2) is 9.82. The number of nitrogens with zero attached hydrogens (tertiary/aromatic N) is 4. The Bertz CT molecular complexity index is 967. The molecule has 0 atom stereocenters. The van der Waals surface area contributed by atoms with E-state index in [1.807, 2.05) is 35.1 Å². The number of ketones is 1. The number of carbonyl (C=O) groups excluding carboxylic acids is 1. The Morgan fingerprint density at radius 3 is 2.59 bits per heavy atom. The number of hydrogen-bond acceptors (Lipinski definition) is 5. The van der Waals surface area contributed by atoms with E-state index in [9.17, 15) is 4.79 Å². The number of nitrogens with one attached hydrogen (secondary N) is 1. The minimum atomic E-state index is 0.0819. The Hall–Kier alpha value is -3.22. The van der Waals surface area contributed by atoms with E-state index in [0.29, 0.717) is 12.5 Å². The number of hydrogen-bond donors (Lipinski definition) is 2. The summed E-state index contributed by atoms with van der Waals surface area (Å²) in [6, 6.07) is 7.64. The molecule has 3 rings (SSSR count). The number of unbranched alkanes of at least 4 members (excludes halogenated alkanes) is 2. The molecule has 2 heterocycles. The molecule has 3 aromatic rings. The van der Waals surface area contributed by atoms with Crippen molar-refractivity contribution in [1.82, 2.24) is 25.0 Å². The molecule has 0 saturated heterocycles. The predicted octanol–water partition coefficient (Wildman–Crippen LogP) is 3.85. The molecule has 0 fully saturated rings. The Kier molecular flexibility index (Phi) is 6.94. The third kappa shape index (κ3) is 6.41. The number of imidazole rings is 1. The van der Waals surface area contributed by atoms with Gasteiger partial charge in [-0.25, -0.2) is 9.67 Å². The maximum absolute atomic E-state index is 11.4. The van der Waals surface area contributed by atoms with E-state index in [1.54, 1.807) is 13.1 Å². The summed E-state index contributed by atoms with van der Waals surface area (Å²) in [6.07, 6.45) is 11.1. The van der Waals surface area contributed by atoms with Gasteiger partial charge in [0.2, 0.25) is 0 Å². The zero-order valence-electron chi connectivity index (χ0n) is 17.1. The lowest BCUT2D eigenvalue weighted by Crippen LogP contribution is -2.00. The van der Waals surface area contributed by atoms with Gasteiger partial charge in [0.25, 0.3) is 0 Å². The molecule has 29 heavy (non-hydrogen) atoms. The number of aryl methyl sites for hydroxylation is 2.